The van der Waals surface area contributed by atoms with E-state index in [0.717, 1.165) is 29.6 Å². The van der Waals surface area contributed by atoms with Gasteiger partial charge in [-0.25, -0.2) is 0 Å². The molecule has 0 aromatic carbocycles. The summed E-state index contributed by atoms with van der Waals surface area (Å²) in [6.07, 6.45) is 20.7. The van der Waals surface area contributed by atoms with Gasteiger partial charge in [0.25, 0.3) is 0 Å². The summed E-state index contributed by atoms with van der Waals surface area (Å²) in [4.78, 5) is 0. The van der Waals surface area contributed by atoms with Crippen LogP contribution in [0.4, 0.5) is 0 Å². The van der Waals surface area contributed by atoms with Gasteiger partial charge in [0.1, 0.15) is 0 Å². The number of rotatable bonds is 1. The van der Waals surface area contributed by atoms with Crippen LogP contribution in [0, 0.1) is 35.0 Å². The van der Waals surface area contributed by atoms with Crippen molar-refractivity contribution in [2.45, 2.75) is 57.8 Å². The van der Waals surface area contributed by atoms with Gasteiger partial charge in [-0.15, -0.1) is 6.58 Å². The van der Waals surface area contributed by atoms with Crippen molar-refractivity contribution in [2.24, 2.45) is 35.0 Å². The SMILES string of the molecule is C=C[C@@]12C=CC[C@H]1[C@@H]1CCC3CCCC[C@@H]3[C@H]1CC2. The lowest BCUT2D eigenvalue weighted by Crippen LogP contribution is -2.46. The zero-order valence-electron chi connectivity index (χ0n) is 12.2. The van der Waals surface area contributed by atoms with E-state index in [1.54, 1.807) is 12.8 Å². The van der Waals surface area contributed by atoms with Gasteiger partial charge in [-0.05, 0) is 68.1 Å². The minimum absolute atomic E-state index is 0.392. The Morgan fingerprint density at radius 1 is 0.947 bits per heavy atom. The zero-order valence-corrected chi connectivity index (χ0v) is 12.2. The molecule has 0 aliphatic heterocycles. The fraction of sp³-hybridized carbons (Fsp3) is 0.789. The van der Waals surface area contributed by atoms with Crippen LogP contribution in [-0.2, 0) is 0 Å². The van der Waals surface area contributed by atoms with Gasteiger partial charge in [0.2, 0.25) is 0 Å². The Hall–Kier alpha value is -0.520. The second-order valence-corrected chi connectivity index (χ2v) is 7.71. The Kier molecular flexibility index (Phi) is 2.90. The Labute approximate surface area is 118 Å². The van der Waals surface area contributed by atoms with Crippen LogP contribution in [0.1, 0.15) is 57.8 Å². The lowest BCUT2D eigenvalue weighted by Gasteiger charge is -2.54. The quantitative estimate of drug-likeness (QED) is 0.554. The Morgan fingerprint density at radius 3 is 2.74 bits per heavy atom. The molecule has 0 spiro atoms. The van der Waals surface area contributed by atoms with Gasteiger partial charge in [0, 0.05) is 5.41 Å². The molecule has 0 amide bonds. The number of hydrogen-bond acceptors (Lipinski definition) is 0. The smallest absolute Gasteiger partial charge is 0.00924 e. The molecule has 1 unspecified atom stereocenters. The molecule has 0 heterocycles. The average Bonchev–Trinajstić information content (AvgIpc) is 2.91. The summed E-state index contributed by atoms with van der Waals surface area (Å²) in [5, 5.41) is 0. The molecule has 4 aliphatic rings. The summed E-state index contributed by atoms with van der Waals surface area (Å²) in [6.45, 7) is 4.19. The molecule has 4 rings (SSSR count). The summed E-state index contributed by atoms with van der Waals surface area (Å²) in [5.74, 6) is 5.18. The van der Waals surface area contributed by atoms with Gasteiger partial charge >= 0.3 is 0 Å². The van der Waals surface area contributed by atoms with E-state index in [2.05, 4.69) is 24.8 Å². The van der Waals surface area contributed by atoms with Crippen molar-refractivity contribution < 1.29 is 0 Å². The largest absolute Gasteiger partial charge is 0.102 e. The van der Waals surface area contributed by atoms with Crippen molar-refractivity contribution in [2.75, 3.05) is 0 Å². The average molecular weight is 256 g/mol. The topological polar surface area (TPSA) is 0 Å². The first-order valence-electron chi connectivity index (χ1n) is 8.65. The molecule has 0 nitrogen and oxygen atoms in total. The molecule has 0 heteroatoms. The summed E-state index contributed by atoms with van der Waals surface area (Å²) in [7, 11) is 0. The molecule has 0 saturated heterocycles. The van der Waals surface area contributed by atoms with Crippen LogP contribution in [-0.4, -0.2) is 0 Å². The highest BCUT2D eigenvalue weighted by atomic mass is 14.6. The monoisotopic (exact) mass is 256 g/mol. The lowest BCUT2D eigenvalue weighted by atomic mass is 9.50. The minimum atomic E-state index is 0.392. The summed E-state index contributed by atoms with van der Waals surface area (Å²) in [6, 6.07) is 0. The van der Waals surface area contributed by atoms with E-state index in [1.165, 1.54) is 44.9 Å². The molecule has 3 saturated carbocycles. The van der Waals surface area contributed by atoms with E-state index in [4.69, 9.17) is 0 Å². The van der Waals surface area contributed by atoms with Crippen molar-refractivity contribution in [1.82, 2.24) is 0 Å². The molecule has 0 N–H and O–H groups in total. The first kappa shape index (κ1) is 12.2. The number of fused-ring (bicyclic) bond motifs is 5. The maximum Gasteiger partial charge on any atom is 0.00924 e. The highest BCUT2D eigenvalue weighted by Gasteiger charge is 2.52. The molecule has 104 valence electrons. The van der Waals surface area contributed by atoms with Gasteiger partial charge in [-0.3, -0.25) is 0 Å². The van der Waals surface area contributed by atoms with E-state index >= 15 is 0 Å². The third kappa shape index (κ3) is 1.71. The highest BCUT2D eigenvalue weighted by molar-refractivity contribution is 5.22. The normalized spacial score (nSPS) is 52.1. The first-order chi connectivity index (χ1) is 9.34. The first-order valence-corrected chi connectivity index (χ1v) is 8.65. The zero-order chi connectivity index (χ0) is 12.9. The van der Waals surface area contributed by atoms with Crippen LogP contribution in [0.3, 0.4) is 0 Å². The molecule has 6 atom stereocenters. The fourth-order valence-corrected chi connectivity index (χ4v) is 6.38. The third-order valence-electron chi connectivity index (χ3n) is 7.25. The standard InChI is InChI=1S/C19H28/c1-2-19-12-5-8-18(19)17-10-9-14-6-3-4-7-15(14)16(17)11-13-19/h2,5,12,14-18H,1,3-4,6-11,13H2/t14?,15-,16+,17+,18-,19-/m0/s1. The van der Waals surface area contributed by atoms with Crippen LogP contribution in [0.5, 0.6) is 0 Å². The summed E-state index contributed by atoms with van der Waals surface area (Å²) in [5.41, 5.74) is 0.392. The van der Waals surface area contributed by atoms with Crippen molar-refractivity contribution in [3.63, 3.8) is 0 Å². The maximum absolute atomic E-state index is 4.19. The Bertz CT molecular complexity index is 393. The molecular formula is C19H28. The van der Waals surface area contributed by atoms with Gasteiger partial charge in [0.15, 0.2) is 0 Å². The summed E-state index contributed by atoms with van der Waals surface area (Å²) < 4.78 is 0. The third-order valence-corrected chi connectivity index (χ3v) is 7.25. The van der Waals surface area contributed by atoms with Crippen LogP contribution in [0.2, 0.25) is 0 Å². The number of allylic oxidation sites excluding steroid dienone is 3. The van der Waals surface area contributed by atoms with E-state index in [9.17, 15) is 0 Å². The van der Waals surface area contributed by atoms with Crippen molar-refractivity contribution in [3.05, 3.63) is 24.8 Å². The van der Waals surface area contributed by atoms with E-state index in [-0.39, 0.29) is 0 Å². The summed E-state index contributed by atoms with van der Waals surface area (Å²) >= 11 is 0. The van der Waals surface area contributed by atoms with E-state index in [1.807, 2.05) is 0 Å². The van der Waals surface area contributed by atoms with E-state index in [0.29, 0.717) is 5.41 Å². The predicted molar refractivity (Wildman–Crippen MR) is 80.8 cm³/mol. The molecule has 4 aliphatic carbocycles. The molecule has 0 aromatic heterocycles. The van der Waals surface area contributed by atoms with Crippen LogP contribution < -0.4 is 0 Å². The Balaban J connectivity index is 1.61. The van der Waals surface area contributed by atoms with Gasteiger partial charge < -0.3 is 0 Å². The number of hydrogen-bond donors (Lipinski definition) is 0. The van der Waals surface area contributed by atoms with Crippen molar-refractivity contribution in [1.29, 1.82) is 0 Å². The van der Waals surface area contributed by atoms with Gasteiger partial charge in [0.05, 0.1) is 0 Å². The van der Waals surface area contributed by atoms with Crippen LogP contribution in [0.25, 0.3) is 0 Å². The van der Waals surface area contributed by atoms with E-state index < -0.39 is 0 Å². The molecule has 0 bridgehead atoms. The predicted octanol–water partition coefficient (Wildman–Crippen LogP) is 5.36. The molecule has 0 radical (unpaired) electrons. The highest BCUT2D eigenvalue weighted by Crippen LogP contribution is 2.61. The van der Waals surface area contributed by atoms with Crippen LogP contribution in [0.15, 0.2) is 24.8 Å². The van der Waals surface area contributed by atoms with Gasteiger partial charge in [-0.1, -0.05) is 37.5 Å². The maximum atomic E-state index is 4.19. The Morgan fingerprint density at radius 2 is 1.84 bits per heavy atom. The second kappa shape index (κ2) is 4.50. The minimum Gasteiger partial charge on any atom is -0.102 e. The van der Waals surface area contributed by atoms with Gasteiger partial charge in [-0.2, -0.15) is 0 Å². The van der Waals surface area contributed by atoms with Crippen molar-refractivity contribution >= 4 is 0 Å². The lowest BCUT2D eigenvalue weighted by molar-refractivity contribution is -0.0316. The fourth-order valence-electron chi connectivity index (χ4n) is 6.38. The molecular weight excluding hydrogens is 228 g/mol. The van der Waals surface area contributed by atoms with Crippen LogP contribution >= 0.6 is 0 Å². The second-order valence-electron chi connectivity index (χ2n) is 7.71. The van der Waals surface area contributed by atoms with Crippen molar-refractivity contribution in [3.8, 4) is 0 Å². The molecule has 19 heavy (non-hydrogen) atoms. The molecule has 3 fully saturated rings. The molecule has 0 aromatic rings.